The third kappa shape index (κ3) is 6.69. The molecule has 1 aliphatic carbocycles. The van der Waals surface area contributed by atoms with Gasteiger partial charge in [0.05, 0.1) is 4.90 Å². The van der Waals surface area contributed by atoms with Crippen molar-refractivity contribution in [2.75, 3.05) is 11.3 Å². The van der Waals surface area contributed by atoms with E-state index >= 15 is 0 Å². The van der Waals surface area contributed by atoms with Crippen molar-refractivity contribution in [3.05, 3.63) is 71.5 Å². The number of carboxylic acid groups (broad SMARTS) is 1. The highest BCUT2D eigenvalue weighted by Crippen LogP contribution is 2.43. The quantitative estimate of drug-likeness (QED) is 0.413. The molecule has 8 nitrogen and oxygen atoms in total. The Morgan fingerprint density at radius 1 is 1.05 bits per heavy atom. The second-order valence-electron chi connectivity index (χ2n) is 9.08. The number of likely N-dealkylation sites (tertiary alicyclic amines) is 1. The average molecular weight is 569 g/mol. The van der Waals surface area contributed by atoms with Crippen molar-refractivity contribution in [2.45, 2.75) is 61.7 Å². The fourth-order valence-corrected chi connectivity index (χ4v) is 6.74. The fourth-order valence-electron chi connectivity index (χ4n) is 5.03. The maximum Gasteiger partial charge on any atom is 0.490 e. The first-order valence-electron chi connectivity index (χ1n) is 12.1. The molecule has 0 radical (unpaired) electrons. The first-order valence-corrected chi connectivity index (χ1v) is 14.3. The lowest BCUT2D eigenvalue weighted by molar-refractivity contribution is -0.192. The number of aromatic nitrogens is 2. The van der Waals surface area contributed by atoms with Crippen molar-refractivity contribution in [3.8, 4) is 0 Å². The summed E-state index contributed by atoms with van der Waals surface area (Å²) in [6.07, 6.45) is 3.01. The summed E-state index contributed by atoms with van der Waals surface area (Å²) < 4.78 is 63.8. The van der Waals surface area contributed by atoms with Crippen LogP contribution in [0.5, 0.6) is 0 Å². The van der Waals surface area contributed by atoms with E-state index in [0.717, 1.165) is 42.9 Å². The maximum atomic E-state index is 12.8. The third-order valence-electron chi connectivity index (χ3n) is 6.66. The van der Waals surface area contributed by atoms with Gasteiger partial charge in [0.15, 0.2) is 0 Å². The van der Waals surface area contributed by atoms with Gasteiger partial charge in [-0.05, 0) is 67.5 Å². The number of rotatable bonds is 5. The van der Waals surface area contributed by atoms with Crippen LogP contribution in [0.2, 0.25) is 0 Å². The van der Waals surface area contributed by atoms with Crippen LogP contribution in [0.25, 0.3) is 0 Å². The molecular weight excluding hydrogens is 541 g/mol. The van der Waals surface area contributed by atoms with Crippen molar-refractivity contribution in [3.63, 3.8) is 0 Å². The molecule has 204 valence electrons. The summed E-state index contributed by atoms with van der Waals surface area (Å²) in [4.78, 5) is 15.8. The molecule has 5 rings (SSSR count). The summed E-state index contributed by atoms with van der Waals surface area (Å²) in [7, 11) is -3.67. The molecule has 1 aliphatic heterocycles. The fraction of sp³-hybridized carbons (Fsp3) is 0.400. The van der Waals surface area contributed by atoms with E-state index in [1.54, 1.807) is 6.07 Å². The van der Waals surface area contributed by atoms with Crippen LogP contribution in [-0.4, -0.2) is 46.5 Å². The highest BCUT2D eigenvalue weighted by Gasteiger charge is 2.38. The van der Waals surface area contributed by atoms with E-state index in [4.69, 9.17) is 9.90 Å². The van der Waals surface area contributed by atoms with Gasteiger partial charge in [0.25, 0.3) is 10.0 Å². The van der Waals surface area contributed by atoms with Gasteiger partial charge in [-0.1, -0.05) is 42.8 Å². The molecule has 1 fully saturated rings. The number of carboxylic acids is 1. The van der Waals surface area contributed by atoms with Gasteiger partial charge in [-0.15, -0.1) is 0 Å². The second kappa shape index (κ2) is 11.8. The molecule has 13 heteroatoms. The number of anilines is 1. The number of benzene rings is 2. The molecule has 0 saturated carbocycles. The average Bonchev–Trinajstić information content (AvgIpc) is 3.41. The summed E-state index contributed by atoms with van der Waals surface area (Å²) in [5, 5.41) is 7.41. The zero-order valence-electron chi connectivity index (χ0n) is 20.3. The van der Waals surface area contributed by atoms with Gasteiger partial charge < -0.3 is 5.11 Å². The Bertz CT molecular complexity index is 1340. The standard InChI is InChI=1S/C23H26N4O2S2.C2HF3O2/c28-31(29,26-23-24-16-25-30-23)19-12-13-20-18(15-19)9-6-11-22(20)27-14-5-4-10-21(27)17-7-2-1-3-8-17;3-2(4,5)1(6)7/h1-3,7-8,12-13,15-16,21-22H,4-6,9-11,14H2,(H,24,25,26);(H,6,7)/t21-,22-;/m0./s1. The topological polar surface area (TPSA) is 112 Å². The van der Waals surface area contributed by atoms with Gasteiger partial charge in [0, 0.05) is 23.6 Å². The molecular formula is C25H27F3N4O4S2. The number of sulfonamides is 1. The van der Waals surface area contributed by atoms with Crippen molar-refractivity contribution >= 4 is 32.7 Å². The Kier molecular flexibility index (Phi) is 8.68. The number of piperidine rings is 1. The van der Waals surface area contributed by atoms with Crippen molar-refractivity contribution in [2.24, 2.45) is 0 Å². The number of halogens is 3. The van der Waals surface area contributed by atoms with Gasteiger partial charge in [-0.25, -0.2) is 18.2 Å². The van der Waals surface area contributed by atoms with Crippen LogP contribution >= 0.6 is 11.5 Å². The van der Waals surface area contributed by atoms with E-state index in [2.05, 4.69) is 49.3 Å². The minimum absolute atomic E-state index is 0.287. The molecule has 2 heterocycles. The summed E-state index contributed by atoms with van der Waals surface area (Å²) in [5.41, 5.74) is 3.81. The predicted molar refractivity (Wildman–Crippen MR) is 136 cm³/mol. The van der Waals surface area contributed by atoms with E-state index in [9.17, 15) is 21.6 Å². The molecule has 38 heavy (non-hydrogen) atoms. The summed E-state index contributed by atoms with van der Waals surface area (Å²) in [6.45, 7) is 1.09. The van der Waals surface area contributed by atoms with Gasteiger partial charge >= 0.3 is 12.1 Å². The van der Waals surface area contributed by atoms with Crippen LogP contribution in [0.3, 0.4) is 0 Å². The number of fused-ring (bicyclic) bond motifs is 1. The molecule has 0 amide bonds. The summed E-state index contributed by atoms with van der Waals surface area (Å²) in [6, 6.07) is 17.2. The summed E-state index contributed by atoms with van der Waals surface area (Å²) in [5.74, 6) is -2.76. The summed E-state index contributed by atoms with van der Waals surface area (Å²) >= 11 is 1.03. The number of nitrogens with zero attached hydrogens (tertiary/aromatic N) is 3. The molecule has 1 saturated heterocycles. The Hall–Kier alpha value is -3.03. The lowest BCUT2D eigenvalue weighted by Crippen LogP contribution is -2.38. The number of alkyl halides is 3. The normalized spacial score (nSPS) is 20.1. The molecule has 2 aliphatic rings. The zero-order valence-corrected chi connectivity index (χ0v) is 21.9. The van der Waals surface area contributed by atoms with E-state index in [0.29, 0.717) is 17.0 Å². The number of hydrogen-bond donors (Lipinski definition) is 2. The van der Waals surface area contributed by atoms with Gasteiger partial charge in [-0.3, -0.25) is 9.62 Å². The maximum absolute atomic E-state index is 12.8. The predicted octanol–water partition coefficient (Wildman–Crippen LogP) is 5.58. The van der Waals surface area contributed by atoms with E-state index in [1.165, 1.54) is 36.7 Å². The lowest BCUT2D eigenvalue weighted by atomic mass is 9.83. The van der Waals surface area contributed by atoms with Gasteiger partial charge in [-0.2, -0.15) is 17.5 Å². The number of nitrogens with one attached hydrogen (secondary N) is 1. The Labute approximate surface area is 222 Å². The number of aryl methyl sites for hydroxylation is 1. The number of hydrogen-bond acceptors (Lipinski definition) is 7. The Morgan fingerprint density at radius 2 is 1.76 bits per heavy atom. The van der Waals surface area contributed by atoms with E-state index < -0.39 is 22.2 Å². The molecule has 2 atom stereocenters. The minimum atomic E-state index is -5.08. The molecule has 0 bridgehead atoms. The number of aliphatic carboxylic acids is 1. The minimum Gasteiger partial charge on any atom is -0.475 e. The van der Waals surface area contributed by atoms with Crippen molar-refractivity contribution in [1.82, 2.24) is 14.3 Å². The Balaban J connectivity index is 0.000000426. The lowest BCUT2D eigenvalue weighted by Gasteiger charge is -2.44. The molecule has 3 aromatic rings. The van der Waals surface area contributed by atoms with Crippen molar-refractivity contribution < 1.29 is 31.5 Å². The van der Waals surface area contributed by atoms with Crippen LogP contribution in [0.4, 0.5) is 18.3 Å². The Morgan fingerprint density at radius 3 is 2.42 bits per heavy atom. The molecule has 0 unspecified atom stereocenters. The zero-order chi connectivity index (χ0) is 27.3. The number of carbonyl (C=O) groups is 1. The van der Waals surface area contributed by atoms with Crippen LogP contribution < -0.4 is 4.72 Å². The molecule has 1 aromatic heterocycles. The van der Waals surface area contributed by atoms with Crippen LogP contribution in [-0.2, 0) is 21.2 Å². The van der Waals surface area contributed by atoms with E-state index in [-0.39, 0.29) is 5.13 Å². The smallest absolute Gasteiger partial charge is 0.475 e. The van der Waals surface area contributed by atoms with E-state index in [1.807, 2.05) is 12.1 Å². The third-order valence-corrected chi connectivity index (χ3v) is 8.71. The van der Waals surface area contributed by atoms with Gasteiger partial charge in [0.1, 0.15) is 6.33 Å². The van der Waals surface area contributed by atoms with Crippen LogP contribution in [0.15, 0.2) is 59.8 Å². The highest BCUT2D eigenvalue weighted by molar-refractivity contribution is 7.93. The molecule has 2 aromatic carbocycles. The van der Waals surface area contributed by atoms with Gasteiger partial charge in [0.2, 0.25) is 5.13 Å². The first-order chi connectivity index (χ1) is 18.1. The molecule has 0 spiro atoms. The second-order valence-corrected chi connectivity index (χ2v) is 11.5. The largest absolute Gasteiger partial charge is 0.490 e. The van der Waals surface area contributed by atoms with Crippen LogP contribution in [0, 0.1) is 0 Å². The van der Waals surface area contributed by atoms with Crippen LogP contribution in [0.1, 0.15) is 60.9 Å². The molecule has 2 N–H and O–H groups in total. The van der Waals surface area contributed by atoms with Crippen molar-refractivity contribution in [1.29, 1.82) is 0 Å². The SMILES string of the molecule is O=C(O)C(F)(F)F.O=S(=O)(Nc1ncns1)c1ccc2c(c1)CCC[C@@H]2N1CCCC[C@H]1c1ccccc1. The first kappa shape index (κ1) is 28.0. The monoisotopic (exact) mass is 568 g/mol. The highest BCUT2D eigenvalue weighted by atomic mass is 32.2.